The van der Waals surface area contributed by atoms with Gasteiger partial charge in [-0.3, -0.25) is 9.59 Å². The second-order valence-electron chi connectivity index (χ2n) is 5.35. The molecule has 0 heterocycles. The van der Waals surface area contributed by atoms with Crippen LogP contribution in [-0.2, 0) is 22.7 Å². The first-order chi connectivity index (χ1) is 13.5. The maximum atomic E-state index is 12.0. The molecule has 2 aromatic carbocycles. The first kappa shape index (κ1) is 21.9. The Labute approximate surface area is 178 Å². The number of ether oxygens (including phenoxy) is 4. The Morgan fingerprint density at radius 2 is 1.21 bits per heavy atom. The summed E-state index contributed by atoms with van der Waals surface area (Å²) in [5, 5.41) is 0. The van der Waals surface area contributed by atoms with Gasteiger partial charge in [0, 0.05) is 31.2 Å². The van der Waals surface area contributed by atoms with Gasteiger partial charge in [-0.1, -0.05) is 31.9 Å². The van der Waals surface area contributed by atoms with Crippen LogP contribution in [0.2, 0.25) is 0 Å². The minimum atomic E-state index is -0.974. The molecular formula is C19H16Br2O7. The lowest BCUT2D eigenvalue weighted by atomic mass is 10.1. The summed E-state index contributed by atoms with van der Waals surface area (Å²) in [7, 11) is 2.89. The quantitative estimate of drug-likeness (QED) is 0.371. The average molecular weight is 516 g/mol. The van der Waals surface area contributed by atoms with E-state index in [9.17, 15) is 14.4 Å². The predicted octanol–water partition coefficient (Wildman–Crippen LogP) is 4.71. The van der Waals surface area contributed by atoms with Gasteiger partial charge in [-0.25, -0.2) is 4.79 Å². The highest BCUT2D eigenvalue weighted by Crippen LogP contribution is 2.30. The normalized spacial score (nSPS) is 10.1. The summed E-state index contributed by atoms with van der Waals surface area (Å²) < 4.78 is 21.7. The van der Waals surface area contributed by atoms with Crippen LogP contribution in [0.3, 0.4) is 0 Å². The number of benzene rings is 2. The van der Waals surface area contributed by atoms with Crippen molar-refractivity contribution < 1.29 is 33.3 Å². The Hall–Kier alpha value is -2.39. The van der Waals surface area contributed by atoms with E-state index in [0.717, 1.165) is 0 Å². The van der Waals surface area contributed by atoms with Crippen molar-refractivity contribution in [1.29, 1.82) is 0 Å². The van der Waals surface area contributed by atoms with Gasteiger partial charge in [0.05, 0.1) is 14.2 Å². The van der Waals surface area contributed by atoms with Gasteiger partial charge in [0.2, 0.25) is 0 Å². The van der Waals surface area contributed by atoms with Crippen LogP contribution in [0.25, 0.3) is 0 Å². The summed E-state index contributed by atoms with van der Waals surface area (Å²) in [4.78, 5) is 34.7. The van der Waals surface area contributed by atoms with Gasteiger partial charge in [0.15, 0.2) is 12.6 Å². The molecule has 0 bridgehead atoms. The third-order valence-corrected chi connectivity index (χ3v) is 5.25. The van der Waals surface area contributed by atoms with E-state index in [0.29, 0.717) is 55.3 Å². The smallest absolute Gasteiger partial charge is 0.496 e. The summed E-state index contributed by atoms with van der Waals surface area (Å²) in [6, 6.07) is 6.60. The molecule has 0 N–H and O–H groups in total. The number of carbonyl (C=O) groups excluding carboxylic acids is 3. The maximum Gasteiger partial charge on any atom is 0.508 e. The first-order valence-corrected chi connectivity index (χ1v) is 9.46. The van der Waals surface area contributed by atoms with Crippen LogP contribution >= 0.6 is 31.9 Å². The summed E-state index contributed by atoms with van der Waals surface area (Å²) in [5.41, 5.74) is 1.42. The molecule has 0 aliphatic rings. The fraction of sp³-hybridized carbons (Fsp3) is 0.211. The van der Waals surface area contributed by atoms with Crippen molar-refractivity contribution in [3.8, 4) is 11.5 Å². The lowest BCUT2D eigenvalue weighted by Gasteiger charge is -2.14. The van der Waals surface area contributed by atoms with Crippen molar-refractivity contribution in [3.63, 3.8) is 0 Å². The lowest BCUT2D eigenvalue weighted by molar-refractivity contribution is 0.0433. The monoisotopic (exact) mass is 514 g/mol. The number of hydrogen-bond donors (Lipinski definition) is 0. The molecule has 0 aromatic heterocycles. The molecule has 0 unspecified atom stereocenters. The van der Waals surface area contributed by atoms with Crippen molar-refractivity contribution in [2.45, 2.75) is 13.2 Å². The van der Waals surface area contributed by atoms with Gasteiger partial charge in [0.1, 0.15) is 24.7 Å². The van der Waals surface area contributed by atoms with Crippen LogP contribution in [-0.4, -0.2) is 32.9 Å². The number of aldehydes is 2. The molecule has 2 rings (SSSR count). The van der Waals surface area contributed by atoms with Crippen LogP contribution in [0.15, 0.2) is 33.2 Å². The molecule has 148 valence electrons. The van der Waals surface area contributed by atoms with Crippen molar-refractivity contribution in [3.05, 3.63) is 55.5 Å². The molecule has 28 heavy (non-hydrogen) atoms. The van der Waals surface area contributed by atoms with Crippen LogP contribution in [0.4, 0.5) is 4.79 Å². The van der Waals surface area contributed by atoms with Crippen molar-refractivity contribution >= 4 is 50.6 Å². The number of hydrogen-bond acceptors (Lipinski definition) is 7. The fourth-order valence-corrected chi connectivity index (χ4v) is 3.40. The highest BCUT2D eigenvalue weighted by Gasteiger charge is 2.18. The lowest BCUT2D eigenvalue weighted by Crippen LogP contribution is -2.11. The van der Waals surface area contributed by atoms with Gasteiger partial charge >= 0.3 is 6.16 Å². The van der Waals surface area contributed by atoms with Crippen molar-refractivity contribution in [2.24, 2.45) is 0 Å². The van der Waals surface area contributed by atoms with Crippen LogP contribution in [0.1, 0.15) is 31.8 Å². The van der Waals surface area contributed by atoms with Gasteiger partial charge in [-0.05, 0) is 24.3 Å². The Morgan fingerprint density at radius 3 is 1.54 bits per heavy atom. The summed E-state index contributed by atoms with van der Waals surface area (Å²) in [6.45, 7) is -0.461. The maximum absolute atomic E-state index is 12.0. The molecule has 0 radical (unpaired) electrons. The second kappa shape index (κ2) is 10.2. The Balaban J connectivity index is 2.11. The van der Waals surface area contributed by atoms with Crippen LogP contribution < -0.4 is 9.47 Å². The van der Waals surface area contributed by atoms with Crippen molar-refractivity contribution in [1.82, 2.24) is 0 Å². The summed E-state index contributed by atoms with van der Waals surface area (Å²) >= 11 is 6.54. The highest BCUT2D eigenvalue weighted by molar-refractivity contribution is 9.10. The Kier molecular flexibility index (Phi) is 8.01. The van der Waals surface area contributed by atoms with Gasteiger partial charge in [-0.15, -0.1) is 0 Å². The van der Waals surface area contributed by atoms with E-state index < -0.39 is 6.16 Å². The van der Waals surface area contributed by atoms with Gasteiger partial charge in [-0.2, -0.15) is 0 Å². The standard InChI is InChI=1S/C19H16Br2O7/c1-25-17-5-3-15(20)11(7-22)13(17)9-27-19(24)28-10-14-12(8-23)16(21)4-6-18(14)26-2/h3-8H,9-10H2,1-2H3. The minimum absolute atomic E-state index is 0.230. The van der Waals surface area contributed by atoms with Crippen LogP contribution in [0, 0.1) is 0 Å². The number of carbonyl (C=O) groups is 3. The third-order valence-electron chi connectivity index (χ3n) is 3.87. The third kappa shape index (κ3) is 4.90. The van der Waals surface area contributed by atoms with Crippen LogP contribution in [0.5, 0.6) is 11.5 Å². The molecule has 0 fully saturated rings. The molecule has 0 amide bonds. The second-order valence-corrected chi connectivity index (χ2v) is 7.06. The molecule has 0 saturated carbocycles. The molecule has 2 aromatic rings. The van der Waals surface area contributed by atoms with Crippen molar-refractivity contribution in [2.75, 3.05) is 14.2 Å². The minimum Gasteiger partial charge on any atom is -0.496 e. The summed E-state index contributed by atoms with van der Waals surface area (Å²) in [5.74, 6) is 0.796. The van der Waals surface area contributed by atoms with Gasteiger partial charge < -0.3 is 18.9 Å². The Morgan fingerprint density at radius 1 is 0.821 bits per heavy atom. The van der Waals surface area contributed by atoms with E-state index in [4.69, 9.17) is 18.9 Å². The van der Waals surface area contributed by atoms with E-state index in [1.807, 2.05) is 0 Å². The zero-order chi connectivity index (χ0) is 20.7. The van der Waals surface area contributed by atoms with Gasteiger partial charge in [0.25, 0.3) is 0 Å². The predicted molar refractivity (Wildman–Crippen MR) is 107 cm³/mol. The molecule has 0 atom stereocenters. The zero-order valence-corrected chi connectivity index (χ0v) is 18.2. The average Bonchev–Trinajstić information content (AvgIpc) is 2.70. The van der Waals surface area contributed by atoms with E-state index in [2.05, 4.69) is 31.9 Å². The van der Waals surface area contributed by atoms with E-state index in [-0.39, 0.29) is 13.2 Å². The molecule has 0 aliphatic heterocycles. The summed E-state index contributed by atoms with van der Waals surface area (Å²) in [6.07, 6.45) is 0.302. The molecule has 7 nitrogen and oxygen atoms in total. The number of halogens is 2. The first-order valence-electron chi connectivity index (χ1n) is 7.87. The Bertz CT molecular complexity index is 825. The van der Waals surface area contributed by atoms with E-state index >= 15 is 0 Å². The largest absolute Gasteiger partial charge is 0.508 e. The van der Waals surface area contributed by atoms with E-state index in [1.54, 1.807) is 24.3 Å². The molecule has 0 spiro atoms. The molecule has 9 heteroatoms. The highest BCUT2D eigenvalue weighted by atomic mass is 79.9. The SMILES string of the molecule is COc1ccc(Br)c(C=O)c1COC(=O)OCc1c(OC)ccc(Br)c1C=O. The topological polar surface area (TPSA) is 88.1 Å². The van der Waals surface area contributed by atoms with E-state index in [1.165, 1.54) is 14.2 Å². The zero-order valence-electron chi connectivity index (χ0n) is 15.0. The molecule has 0 aliphatic carbocycles. The molecule has 0 saturated heterocycles. The number of rotatable bonds is 8. The fourth-order valence-electron chi connectivity index (χ4n) is 2.47. The number of methoxy groups -OCH3 is 2. The molecular weight excluding hydrogens is 500 g/mol.